The zero-order valence-electron chi connectivity index (χ0n) is 14.5. The number of amides is 1. The highest BCUT2D eigenvalue weighted by Crippen LogP contribution is 2.28. The van der Waals surface area contributed by atoms with Gasteiger partial charge in [-0.3, -0.25) is 4.79 Å². The predicted octanol–water partition coefficient (Wildman–Crippen LogP) is 4.28. The average molecular weight is 397 g/mol. The summed E-state index contributed by atoms with van der Waals surface area (Å²) in [7, 11) is 0. The van der Waals surface area contributed by atoms with Gasteiger partial charge in [0.2, 0.25) is 0 Å². The molecule has 1 heterocycles. The molecule has 0 aliphatic heterocycles. The van der Waals surface area contributed by atoms with E-state index in [1.165, 1.54) is 6.20 Å². The van der Waals surface area contributed by atoms with E-state index in [0.29, 0.717) is 21.9 Å². The van der Waals surface area contributed by atoms with E-state index >= 15 is 0 Å². The molecule has 1 aromatic heterocycles. The molecule has 0 aliphatic carbocycles. The molecule has 2 aromatic rings. The van der Waals surface area contributed by atoms with E-state index in [4.69, 9.17) is 32.7 Å². The minimum atomic E-state index is -0.623. The third kappa shape index (κ3) is 5.34. The van der Waals surface area contributed by atoms with Gasteiger partial charge < -0.3 is 14.8 Å². The fourth-order valence-electron chi connectivity index (χ4n) is 1.97. The van der Waals surface area contributed by atoms with Gasteiger partial charge in [-0.1, -0.05) is 23.2 Å². The molecule has 6 nitrogen and oxygen atoms in total. The summed E-state index contributed by atoms with van der Waals surface area (Å²) in [6.07, 6.45) is 1.42. The summed E-state index contributed by atoms with van der Waals surface area (Å²) in [4.78, 5) is 27.9. The topological polar surface area (TPSA) is 77.5 Å². The molecule has 2 rings (SSSR count). The van der Waals surface area contributed by atoms with Crippen molar-refractivity contribution < 1.29 is 19.1 Å². The molecule has 0 fully saturated rings. The lowest BCUT2D eigenvalue weighted by Crippen LogP contribution is -2.21. The van der Waals surface area contributed by atoms with Crippen molar-refractivity contribution in [1.29, 1.82) is 0 Å². The first-order chi connectivity index (χ1) is 12.3. The average Bonchev–Trinajstić information content (AvgIpc) is 2.60. The number of benzene rings is 1. The Hall–Kier alpha value is -2.31. The second-order valence-electron chi connectivity index (χ2n) is 5.71. The van der Waals surface area contributed by atoms with Crippen LogP contribution in [0.4, 0.5) is 5.82 Å². The first kappa shape index (κ1) is 20.0. The molecule has 0 saturated carbocycles. The van der Waals surface area contributed by atoms with E-state index in [1.54, 1.807) is 31.2 Å². The maximum Gasteiger partial charge on any atom is 0.338 e. The number of hydrogen-bond acceptors (Lipinski definition) is 5. The Morgan fingerprint density at radius 2 is 1.85 bits per heavy atom. The summed E-state index contributed by atoms with van der Waals surface area (Å²) in [5, 5.41) is 3.10. The molecular weight excluding hydrogens is 379 g/mol. The van der Waals surface area contributed by atoms with E-state index in [2.05, 4.69) is 10.3 Å². The standard InChI is InChI=1S/C18H18Cl2N2O4/c1-10(2)26-13-6-4-12(5-7-13)18(24)25-9-15(23)22-17-16(20)11(3)14(19)8-21-17/h4-8,10H,9H2,1-3H3,(H,21,22,23). The number of carbonyl (C=O) groups is 2. The normalized spacial score (nSPS) is 10.5. The minimum Gasteiger partial charge on any atom is -0.491 e. The molecule has 8 heteroatoms. The summed E-state index contributed by atoms with van der Waals surface area (Å²) in [6.45, 7) is 5.05. The highest BCUT2D eigenvalue weighted by molar-refractivity contribution is 6.37. The monoisotopic (exact) mass is 396 g/mol. The van der Waals surface area contributed by atoms with Gasteiger partial charge >= 0.3 is 5.97 Å². The smallest absolute Gasteiger partial charge is 0.338 e. The van der Waals surface area contributed by atoms with Gasteiger partial charge in [-0.15, -0.1) is 0 Å². The van der Waals surface area contributed by atoms with Crippen LogP contribution in [0.1, 0.15) is 29.8 Å². The number of ether oxygens (including phenoxy) is 2. The van der Waals surface area contributed by atoms with Crippen LogP contribution < -0.4 is 10.1 Å². The number of nitrogens with one attached hydrogen (secondary N) is 1. The first-order valence-electron chi connectivity index (χ1n) is 7.82. The second-order valence-corrected chi connectivity index (χ2v) is 6.49. The van der Waals surface area contributed by atoms with Crippen LogP contribution in [-0.4, -0.2) is 29.6 Å². The van der Waals surface area contributed by atoms with Crippen LogP contribution >= 0.6 is 23.2 Å². The highest BCUT2D eigenvalue weighted by atomic mass is 35.5. The van der Waals surface area contributed by atoms with Gasteiger partial charge in [0.15, 0.2) is 12.4 Å². The Morgan fingerprint density at radius 3 is 2.46 bits per heavy atom. The molecule has 1 N–H and O–H groups in total. The van der Waals surface area contributed by atoms with E-state index in [-0.39, 0.29) is 16.9 Å². The van der Waals surface area contributed by atoms with E-state index in [1.807, 2.05) is 13.8 Å². The number of aromatic nitrogens is 1. The van der Waals surface area contributed by atoms with Gasteiger partial charge in [0, 0.05) is 6.20 Å². The molecular formula is C18H18Cl2N2O4. The molecule has 0 saturated heterocycles. The van der Waals surface area contributed by atoms with Crippen LogP contribution in [0.15, 0.2) is 30.5 Å². The second kappa shape index (κ2) is 8.87. The van der Waals surface area contributed by atoms with Gasteiger partial charge in [-0.2, -0.15) is 0 Å². The first-order valence-corrected chi connectivity index (χ1v) is 8.57. The van der Waals surface area contributed by atoms with Crippen LogP contribution in [0.3, 0.4) is 0 Å². The van der Waals surface area contributed by atoms with Crippen LogP contribution in [0.25, 0.3) is 0 Å². The minimum absolute atomic E-state index is 0.0356. The number of rotatable bonds is 6. The van der Waals surface area contributed by atoms with E-state index in [0.717, 1.165) is 0 Å². The van der Waals surface area contributed by atoms with Crippen molar-refractivity contribution in [2.75, 3.05) is 11.9 Å². The van der Waals surface area contributed by atoms with Crippen molar-refractivity contribution >= 4 is 40.9 Å². The Labute approximate surface area is 161 Å². The molecule has 26 heavy (non-hydrogen) atoms. The lowest BCUT2D eigenvalue weighted by atomic mass is 10.2. The third-order valence-electron chi connectivity index (χ3n) is 3.26. The van der Waals surface area contributed by atoms with Gasteiger partial charge in [0.25, 0.3) is 5.91 Å². The Morgan fingerprint density at radius 1 is 1.19 bits per heavy atom. The Bertz CT molecular complexity index is 808. The zero-order chi connectivity index (χ0) is 19.3. The summed E-state index contributed by atoms with van der Waals surface area (Å²) < 4.78 is 10.5. The van der Waals surface area contributed by atoms with Crippen molar-refractivity contribution in [3.8, 4) is 5.75 Å². The molecule has 1 aromatic carbocycles. The molecule has 0 aliphatic rings. The van der Waals surface area contributed by atoms with E-state index < -0.39 is 18.5 Å². The van der Waals surface area contributed by atoms with Gasteiger partial charge in [-0.25, -0.2) is 9.78 Å². The van der Waals surface area contributed by atoms with Crippen molar-refractivity contribution in [2.24, 2.45) is 0 Å². The van der Waals surface area contributed by atoms with Crippen molar-refractivity contribution in [1.82, 2.24) is 4.98 Å². The largest absolute Gasteiger partial charge is 0.491 e. The molecule has 0 unspecified atom stereocenters. The predicted molar refractivity (Wildman–Crippen MR) is 100 cm³/mol. The number of pyridine rings is 1. The van der Waals surface area contributed by atoms with Crippen molar-refractivity contribution in [3.63, 3.8) is 0 Å². The fourth-order valence-corrected chi connectivity index (χ4v) is 2.36. The highest BCUT2D eigenvalue weighted by Gasteiger charge is 2.14. The van der Waals surface area contributed by atoms with Gasteiger partial charge in [0.1, 0.15) is 5.75 Å². The molecule has 0 bridgehead atoms. The summed E-state index contributed by atoms with van der Waals surface area (Å²) in [5.41, 5.74) is 0.909. The van der Waals surface area contributed by atoms with Gasteiger partial charge in [-0.05, 0) is 50.6 Å². The number of nitrogens with zero attached hydrogens (tertiary/aromatic N) is 1. The lowest BCUT2D eigenvalue weighted by Gasteiger charge is -2.11. The Balaban J connectivity index is 1.91. The van der Waals surface area contributed by atoms with Crippen LogP contribution in [0, 0.1) is 6.92 Å². The van der Waals surface area contributed by atoms with Crippen LogP contribution in [0.5, 0.6) is 5.75 Å². The fraction of sp³-hybridized carbons (Fsp3) is 0.278. The molecule has 0 radical (unpaired) electrons. The Kier molecular flexibility index (Phi) is 6.83. The molecule has 138 valence electrons. The van der Waals surface area contributed by atoms with E-state index in [9.17, 15) is 9.59 Å². The quantitative estimate of drug-likeness (QED) is 0.737. The van der Waals surface area contributed by atoms with Crippen LogP contribution in [0.2, 0.25) is 10.0 Å². The number of hydrogen-bond donors (Lipinski definition) is 1. The third-order valence-corrected chi connectivity index (χ3v) is 4.10. The molecule has 1 amide bonds. The number of carbonyl (C=O) groups excluding carboxylic acids is 2. The SMILES string of the molecule is Cc1c(Cl)cnc(NC(=O)COC(=O)c2ccc(OC(C)C)cc2)c1Cl. The van der Waals surface area contributed by atoms with Gasteiger partial charge in [0.05, 0.1) is 21.7 Å². The number of esters is 1. The summed E-state index contributed by atoms with van der Waals surface area (Å²) in [6, 6.07) is 6.46. The van der Waals surface area contributed by atoms with Crippen molar-refractivity contribution in [3.05, 3.63) is 51.6 Å². The lowest BCUT2D eigenvalue weighted by molar-refractivity contribution is -0.119. The molecule has 0 spiro atoms. The maximum atomic E-state index is 12.0. The summed E-state index contributed by atoms with van der Waals surface area (Å²) in [5.74, 6) is -0.380. The maximum absolute atomic E-state index is 12.0. The summed E-state index contributed by atoms with van der Waals surface area (Å²) >= 11 is 12.0. The van der Waals surface area contributed by atoms with Crippen LogP contribution in [-0.2, 0) is 9.53 Å². The number of anilines is 1. The molecule has 0 atom stereocenters. The zero-order valence-corrected chi connectivity index (χ0v) is 16.0. The number of halogens is 2. The van der Waals surface area contributed by atoms with Crippen molar-refractivity contribution in [2.45, 2.75) is 26.9 Å².